The number of furan rings is 1. The number of carbonyl (C=O) groups is 1. The molecule has 1 saturated heterocycles. The summed E-state index contributed by atoms with van der Waals surface area (Å²) in [5.74, 6) is 0.218. The number of carbonyl (C=O) groups excluding carboxylic acids is 1. The summed E-state index contributed by atoms with van der Waals surface area (Å²) in [6, 6.07) is 8.30. The summed E-state index contributed by atoms with van der Waals surface area (Å²) in [7, 11) is -3.54. The largest absolute Gasteiger partial charge is 0.465 e. The lowest BCUT2D eigenvalue weighted by molar-refractivity contribution is -0.111. The highest BCUT2D eigenvalue weighted by Crippen LogP contribution is 2.25. The van der Waals surface area contributed by atoms with Crippen LogP contribution in [0.1, 0.15) is 30.6 Å². The van der Waals surface area contributed by atoms with Crippen LogP contribution in [0.25, 0.3) is 6.08 Å². The van der Waals surface area contributed by atoms with E-state index in [1.54, 1.807) is 30.3 Å². The van der Waals surface area contributed by atoms with E-state index < -0.39 is 10.0 Å². The molecule has 2 heterocycles. The van der Waals surface area contributed by atoms with Crippen molar-refractivity contribution in [3.8, 4) is 0 Å². The third-order valence-corrected chi connectivity index (χ3v) is 6.26. The third-order valence-electron chi connectivity index (χ3n) is 4.36. The summed E-state index contributed by atoms with van der Waals surface area (Å²) in [4.78, 5) is 12.3. The maximum Gasteiger partial charge on any atom is 0.248 e. The lowest BCUT2D eigenvalue weighted by Crippen LogP contribution is -2.35. The van der Waals surface area contributed by atoms with Gasteiger partial charge in [0.05, 0.1) is 11.2 Å². The molecule has 1 N–H and O–H groups in total. The van der Waals surface area contributed by atoms with Crippen LogP contribution in [0.4, 0.5) is 5.69 Å². The number of nitrogens with one attached hydrogen (secondary N) is 1. The van der Waals surface area contributed by atoms with E-state index in [1.807, 2.05) is 6.92 Å². The number of piperidine rings is 1. The van der Waals surface area contributed by atoms with Gasteiger partial charge in [0.2, 0.25) is 15.9 Å². The van der Waals surface area contributed by atoms with Gasteiger partial charge in [-0.15, -0.1) is 0 Å². The number of sulfonamides is 1. The molecule has 0 radical (unpaired) electrons. The molecule has 0 aliphatic carbocycles. The van der Waals surface area contributed by atoms with Crippen molar-refractivity contribution in [3.63, 3.8) is 0 Å². The second kappa shape index (κ2) is 7.88. The molecular formula is C19H22N2O4S. The number of hydrogen-bond acceptors (Lipinski definition) is 4. The second-order valence-electron chi connectivity index (χ2n) is 6.28. The van der Waals surface area contributed by atoms with Gasteiger partial charge in [-0.2, -0.15) is 4.31 Å². The van der Waals surface area contributed by atoms with Crippen LogP contribution >= 0.6 is 0 Å². The highest BCUT2D eigenvalue weighted by molar-refractivity contribution is 7.89. The Kier molecular flexibility index (Phi) is 5.58. The van der Waals surface area contributed by atoms with Gasteiger partial charge in [-0.1, -0.05) is 12.5 Å². The van der Waals surface area contributed by atoms with E-state index in [0.29, 0.717) is 24.5 Å². The molecule has 138 valence electrons. The first-order valence-electron chi connectivity index (χ1n) is 8.60. The summed E-state index contributed by atoms with van der Waals surface area (Å²) in [5.41, 5.74) is 1.28. The predicted molar refractivity (Wildman–Crippen MR) is 100 cm³/mol. The van der Waals surface area contributed by atoms with Gasteiger partial charge >= 0.3 is 0 Å². The van der Waals surface area contributed by atoms with E-state index in [0.717, 1.165) is 24.8 Å². The van der Waals surface area contributed by atoms with Crippen molar-refractivity contribution in [2.75, 3.05) is 18.4 Å². The maximum atomic E-state index is 12.8. The standard InChI is InChI=1S/C19H22N2O4S/c1-15-7-9-17(26(23,24)21-11-3-2-4-12-21)14-18(15)20-19(22)10-8-16-6-5-13-25-16/h5-10,13-14H,2-4,11-12H2,1H3,(H,20,22)/b10-8+. The van der Waals surface area contributed by atoms with Crippen molar-refractivity contribution >= 4 is 27.7 Å². The molecular weight excluding hydrogens is 352 g/mol. The van der Waals surface area contributed by atoms with Gasteiger partial charge in [0, 0.05) is 24.9 Å². The molecule has 0 saturated carbocycles. The zero-order chi connectivity index (χ0) is 18.6. The number of aryl methyl sites for hydroxylation is 1. The minimum atomic E-state index is -3.54. The van der Waals surface area contributed by atoms with E-state index in [2.05, 4.69) is 5.32 Å². The maximum absolute atomic E-state index is 12.8. The van der Waals surface area contributed by atoms with Crippen LogP contribution in [0.5, 0.6) is 0 Å². The fourth-order valence-electron chi connectivity index (χ4n) is 2.87. The molecule has 1 aliphatic heterocycles. The van der Waals surface area contributed by atoms with Gasteiger partial charge in [-0.25, -0.2) is 8.42 Å². The molecule has 1 aromatic heterocycles. The zero-order valence-corrected chi connectivity index (χ0v) is 15.5. The molecule has 0 atom stereocenters. The lowest BCUT2D eigenvalue weighted by Gasteiger charge is -2.26. The molecule has 1 aliphatic rings. The quantitative estimate of drug-likeness (QED) is 0.814. The average molecular weight is 374 g/mol. The van der Waals surface area contributed by atoms with E-state index in [9.17, 15) is 13.2 Å². The fourth-order valence-corrected chi connectivity index (χ4v) is 4.41. The Labute approximate surface area is 153 Å². The van der Waals surface area contributed by atoms with Crippen LogP contribution in [0.15, 0.2) is 52.0 Å². The molecule has 0 bridgehead atoms. The molecule has 0 spiro atoms. The Bertz CT molecular complexity index is 896. The van der Waals surface area contributed by atoms with Gasteiger partial charge in [0.1, 0.15) is 5.76 Å². The molecule has 26 heavy (non-hydrogen) atoms. The second-order valence-corrected chi connectivity index (χ2v) is 8.22. The number of rotatable bonds is 5. The van der Waals surface area contributed by atoms with Gasteiger partial charge in [0.25, 0.3) is 0 Å². The van der Waals surface area contributed by atoms with Crippen molar-refractivity contribution < 1.29 is 17.6 Å². The van der Waals surface area contributed by atoms with Crippen LogP contribution < -0.4 is 5.32 Å². The molecule has 2 aromatic rings. The Morgan fingerprint density at radius 3 is 2.65 bits per heavy atom. The summed E-state index contributed by atoms with van der Waals surface area (Å²) in [5, 5.41) is 2.74. The van der Waals surface area contributed by atoms with Gasteiger partial charge < -0.3 is 9.73 Å². The molecule has 6 nitrogen and oxygen atoms in total. The summed E-state index contributed by atoms with van der Waals surface area (Å²) < 4.78 is 32.3. The molecule has 1 aromatic carbocycles. The average Bonchev–Trinajstić information content (AvgIpc) is 3.16. The van der Waals surface area contributed by atoms with Gasteiger partial charge in [0.15, 0.2) is 0 Å². The van der Waals surface area contributed by atoms with Crippen molar-refractivity contribution in [2.24, 2.45) is 0 Å². The Hall–Kier alpha value is -2.38. The van der Waals surface area contributed by atoms with E-state index >= 15 is 0 Å². The van der Waals surface area contributed by atoms with E-state index in [4.69, 9.17) is 4.42 Å². The number of nitrogens with zero attached hydrogens (tertiary/aromatic N) is 1. The number of anilines is 1. The molecule has 7 heteroatoms. The third kappa shape index (κ3) is 4.23. The molecule has 3 rings (SSSR count). The van der Waals surface area contributed by atoms with Crippen molar-refractivity contribution in [1.82, 2.24) is 4.31 Å². The first-order valence-corrected chi connectivity index (χ1v) is 10.0. The monoisotopic (exact) mass is 374 g/mol. The highest BCUT2D eigenvalue weighted by atomic mass is 32.2. The number of benzene rings is 1. The first-order chi connectivity index (χ1) is 12.5. The van der Waals surface area contributed by atoms with Crippen molar-refractivity contribution in [1.29, 1.82) is 0 Å². The highest BCUT2D eigenvalue weighted by Gasteiger charge is 2.26. The number of amides is 1. The predicted octanol–water partition coefficient (Wildman–Crippen LogP) is 3.41. The number of hydrogen-bond donors (Lipinski definition) is 1. The van der Waals surface area contributed by atoms with Crippen LogP contribution in [-0.2, 0) is 14.8 Å². The fraction of sp³-hybridized carbons (Fsp3) is 0.316. The normalized spacial score (nSPS) is 16.0. The minimum Gasteiger partial charge on any atom is -0.465 e. The van der Waals surface area contributed by atoms with Crippen LogP contribution in [0.3, 0.4) is 0 Å². The van der Waals surface area contributed by atoms with Gasteiger partial charge in [-0.05, 0) is 55.7 Å². The Morgan fingerprint density at radius 2 is 1.96 bits per heavy atom. The summed E-state index contributed by atoms with van der Waals surface area (Å²) >= 11 is 0. The Morgan fingerprint density at radius 1 is 1.19 bits per heavy atom. The summed E-state index contributed by atoms with van der Waals surface area (Å²) in [6.45, 7) is 2.91. The first kappa shape index (κ1) is 18.4. The zero-order valence-electron chi connectivity index (χ0n) is 14.6. The van der Waals surface area contributed by atoms with Crippen LogP contribution in [0, 0.1) is 6.92 Å². The lowest BCUT2D eigenvalue weighted by atomic mass is 10.2. The molecule has 0 unspecified atom stereocenters. The SMILES string of the molecule is Cc1ccc(S(=O)(=O)N2CCCCC2)cc1NC(=O)/C=C/c1ccco1. The van der Waals surface area contributed by atoms with Crippen molar-refractivity contribution in [2.45, 2.75) is 31.1 Å². The van der Waals surface area contributed by atoms with E-state index in [1.165, 1.54) is 22.7 Å². The Balaban J connectivity index is 1.78. The molecule has 1 fully saturated rings. The minimum absolute atomic E-state index is 0.204. The summed E-state index contributed by atoms with van der Waals surface area (Å²) in [6.07, 6.45) is 7.25. The topological polar surface area (TPSA) is 79.6 Å². The van der Waals surface area contributed by atoms with Gasteiger partial charge in [-0.3, -0.25) is 4.79 Å². The van der Waals surface area contributed by atoms with Crippen LogP contribution in [0.2, 0.25) is 0 Å². The van der Waals surface area contributed by atoms with Crippen LogP contribution in [-0.4, -0.2) is 31.7 Å². The van der Waals surface area contributed by atoms with E-state index in [-0.39, 0.29) is 10.8 Å². The smallest absolute Gasteiger partial charge is 0.248 e. The van der Waals surface area contributed by atoms with Crippen molar-refractivity contribution in [3.05, 3.63) is 54.0 Å². The molecule has 1 amide bonds.